The Balaban J connectivity index is 1.84. The van der Waals surface area contributed by atoms with E-state index in [1.807, 2.05) is 0 Å². The molecule has 0 amide bonds. The lowest BCUT2D eigenvalue weighted by atomic mass is 9.46. The summed E-state index contributed by atoms with van der Waals surface area (Å²) in [6.45, 7) is 14.5. The third kappa shape index (κ3) is 4.02. The zero-order valence-electron chi connectivity index (χ0n) is 19.2. The number of hydrogen-bond donors (Lipinski definition) is 1. The average Bonchev–Trinajstić information content (AvgIpc) is 2.68. The van der Waals surface area contributed by atoms with Crippen molar-refractivity contribution in [3.05, 3.63) is 35.1 Å². The maximum absolute atomic E-state index is 13.2. The van der Waals surface area contributed by atoms with Crippen molar-refractivity contribution < 1.29 is 9.59 Å². The van der Waals surface area contributed by atoms with Gasteiger partial charge in [-0.25, -0.2) is 0 Å². The minimum atomic E-state index is -0.0548. The highest BCUT2D eigenvalue weighted by Crippen LogP contribution is 2.62. The molecule has 160 valence electrons. The van der Waals surface area contributed by atoms with Crippen LogP contribution in [0.3, 0.4) is 0 Å². The van der Waals surface area contributed by atoms with E-state index in [1.165, 1.54) is 30.9 Å². The number of fused-ring (bicyclic) bond motifs is 1. The molecule has 3 nitrogen and oxygen atoms in total. The molecule has 0 bridgehead atoms. The number of rotatable bonds is 6. The molecule has 0 saturated heterocycles. The van der Waals surface area contributed by atoms with E-state index >= 15 is 0 Å². The van der Waals surface area contributed by atoms with E-state index in [9.17, 15) is 9.59 Å². The summed E-state index contributed by atoms with van der Waals surface area (Å²) in [5.41, 5.74) is 2.96. The van der Waals surface area contributed by atoms with Crippen LogP contribution in [-0.2, 0) is 9.59 Å². The minimum Gasteiger partial charge on any atom is -0.382 e. The van der Waals surface area contributed by atoms with Crippen LogP contribution in [0.4, 0.5) is 0 Å². The highest BCUT2D eigenvalue weighted by Gasteiger charge is 2.53. The lowest BCUT2D eigenvalue weighted by Gasteiger charge is -2.58. The van der Waals surface area contributed by atoms with E-state index in [0.29, 0.717) is 35.4 Å². The molecule has 3 heteroatoms. The molecule has 1 saturated carbocycles. The zero-order valence-corrected chi connectivity index (χ0v) is 19.2. The molecule has 0 aromatic heterocycles. The zero-order chi connectivity index (χ0) is 21.4. The molecule has 0 spiro atoms. The van der Waals surface area contributed by atoms with Crippen LogP contribution < -0.4 is 5.32 Å². The standard InChI is InChI=1S/C26H39NO2/c1-7-17(2)16-27-22-14-21(28)13-20(24(22)29)15-26(6)19(4)11-12-25(5)18(3)9-8-10-23(25)26/h9,13-14,17,19,23,27H,7-8,10-12,15-16H2,1-6H3/t17-,19-,23+,25+,26+/m0/s1. The minimum absolute atomic E-state index is 0.0247. The molecule has 0 radical (unpaired) electrons. The van der Waals surface area contributed by atoms with Crippen molar-refractivity contribution >= 4 is 11.6 Å². The highest BCUT2D eigenvalue weighted by atomic mass is 16.1. The summed E-state index contributed by atoms with van der Waals surface area (Å²) < 4.78 is 0. The van der Waals surface area contributed by atoms with Gasteiger partial charge in [-0.15, -0.1) is 0 Å². The number of nitrogens with one attached hydrogen (secondary N) is 1. The Hall–Kier alpha value is -1.64. The molecule has 3 aliphatic carbocycles. The average molecular weight is 398 g/mol. The van der Waals surface area contributed by atoms with E-state index in [2.05, 4.69) is 52.9 Å². The van der Waals surface area contributed by atoms with Crippen LogP contribution in [0.5, 0.6) is 0 Å². The number of carbonyl (C=O) groups is 2. The van der Waals surface area contributed by atoms with Crippen molar-refractivity contribution in [2.75, 3.05) is 6.54 Å². The molecule has 0 aromatic rings. The van der Waals surface area contributed by atoms with Crippen molar-refractivity contribution in [2.24, 2.45) is 28.6 Å². The molecule has 3 aliphatic rings. The van der Waals surface area contributed by atoms with Crippen LogP contribution in [0.25, 0.3) is 0 Å². The van der Waals surface area contributed by atoms with Gasteiger partial charge in [-0.2, -0.15) is 0 Å². The van der Waals surface area contributed by atoms with Gasteiger partial charge in [0.05, 0.1) is 5.70 Å². The number of hydrogen-bond acceptors (Lipinski definition) is 3. The Labute approximate surface area is 177 Å². The Kier molecular flexibility index (Phi) is 6.27. The Morgan fingerprint density at radius 3 is 2.62 bits per heavy atom. The molecule has 29 heavy (non-hydrogen) atoms. The van der Waals surface area contributed by atoms with Crippen LogP contribution in [0.2, 0.25) is 0 Å². The Morgan fingerprint density at radius 2 is 1.93 bits per heavy atom. The SMILES string of the molecule is CC[C@H](C)CNC1=CC(=O)C=C(C[C@]2(C)[C@@H](C)CC[C@]3(C)C(C)=CCC[C@@H]23)C1=O. The first-order chi connectivity index (χ1) is 13.6. The summed E-state index contributed by atoms with van der Waals surface area (Å²) in [5, 5.41) is 3.26. The molecule has 3 rings (SSSR count). The Bertz CT molecular complexity index is 774. The molecular weight excluding hydrogens is 358 g/mol. The predicted octanol–water partition coefficient (Wildman–Crippen LogP) is 5.77. The van der Waals surface area contributed by atoms with E-state index in [-0.39, 0.29) is 22.4 Å². The first-order valence-corrected chi connectivity index (χ1v) is 11.5. The largest absolute Gasteiger partial charge is 0.382 e. The normalized spacial score (nSPS) is 36.0. The van der Waals surface area contributed by atoms with Gasteiger partial charge in [-0.05, 0) is 73.7 Å². The second kappa shape index (κ2) is 8.24. The molecule has 0 unspecified atom stereocenters. The van der Waals surface area contributed by atoms with Crippen molar-refractivity contribution in [3.63, 3.8) is 0 Å². The molecule has 0 aliphatic heterocycles. The molecule has 0 heterocycles. The van der Waals surface area contributed by atoms with Crippen molar-refractivity contribution in [1.29, 1.82) is 0 Å². The number of allylic oxidation sites excluding steroid dienone is 5. The fraction of sp³-hybridized carbons (Fsp3) is 0.692. The third-order valence-electron chi connectivity index (χ3n) is 8.64. The van der Waals surface area contributed by atoms with Crippen LogP contribution in [0, 0.1) is 28.6 Å². The molecule has 0 aromatic carbocycles. The van der Waals surface area contributed by atoms with Crippen molar-refractivity contribution in [3.8, 4) is 0 Å². The van der Waals surface area contributed by atoms with Crippen LogP contribution in [-0.4, -0.2) is 18.1 Å². The summed E-state index contributed by atoms with van der Waals surface area (Å²) in [4.78, 5) is 25.7. The summed E-state index contributed by atoms with van der Waals surface area (Å²) in [6, 6.07) is 0. The van der Waals surface area contributed by atoms with Gasteiger partial charge in [0, 0.05) is 18.2 Å². The van der Waals surface area contributed by atoms with Gasteiger partial charge in [0.25, 0.3) is 0 Å². The van der Waals surface area contributed by atoms with Crippen molar-refractivity contribution in [1.82, 2.24) is 5.32 Å². The van der Waals surface area contributed by atoms with Gasteiger partial charge in [0.15, 0.2) is 5.78 Å². The predicted molar refractivity (Wildman–Crippen MR) is 119 cm³/mol. The first kappa shape index (κ1) is 22.1. The smallest absolute Gasteiger partial charge is 0.205 e. The summed E-state index contributed by atoms with van der Waals surface area (Å²) in [7, 11) is 0. The number of carbonyl (C=O) groups excluding carboxylic acids is 2. The molecule has 5 atom stereocenters. The fourth-order valence-electron chi connectivity index (χ4n) is 5.97. The number of Topliss-reactive ketones (excluding diaryl/α,β-unsaturated/α-hetero) is 1. The van der Waals surface area contributed by atoms with E-state index < -0.39 is 0 Å². The maximum atomic E-state index is 13.2. The molecular formula is C26H39NO2. The molecule has 1 N–H and O–H groups in total. The second-order valence-corrected chi connectivity index (χ2v) is 10.4. The first-order valence-electron chi connectivity index (χ1n) is 11.5. The summed E-state index contributed by atoms with van der Waals surface area (Å²) >= 11 is 0. The lowest BCUT2D eigenvalue weighted by Crippen LogP contribution is -2.50. The quantitative estimate of drug-likeness (QED) is 0.457. The van der Waals surface area contributed by atoms with Gasteiger partial charge in [-0.1, -0.05) is 52.7 Å². The van der Waals surface area contributed by atoms with Crippen molar-refractivity contribution in [2.45, 2.75) is 80.1 Å². The van der Waals surface area contributed by atoms with Crippen LogP contribution in [0.15, 0.2) is 35.1 Å². The van der Waals surface area contributed by atoms with Gasteiger partial charge in [0.2, 0.25) is 5.78 Å². The summed E-state index contributed by atoms with van der Waals surface area (Å²) in [5.74, 6) is 1.53. The maximum Gasteiger partial charge on any atom is 0.205 e. The van der Waals surface area contributed by atoms with Gasteiger partial charge in [0.1, 0.15) is 0 Å². The Morgan fingerprint density at radius 1 is 1.21 bits per heavy atom. The highest BCUT2D eigenvalue weighted by molar-refractivity contribution is 6.20. The monoisotopic (exact) mass is 397 g/mol. The fourth-order valence-corrected chi connectivity index (χ4v) is 5.97. The van der Waals surface area contributed by atoms with Gasteiger partial charge in [-0.3, -0.25) is 9.59 Å². The second-order valence-electron chi connectivity index (χ2n) is 10.4. The topological polar surface area (TPSA) is 46.2 Å². The van der Waals surface area contributed by atoms with Gasteiger partial charge < -0.3 is 5.32 Å². The van der Waals surface area contributed by atoms with Crippen LogP contribution in [0.1, 0.15) is 80.1 Å². The third-order valence-corrected chi connectivity index (χ3v) is 8.64. The van der Waals surface area contributed by atoms with Gasteiger partial charge >= 0.3 is 0 Å². The van der Waals surface area contributed by atoms with E-state index in [1.54, 1.807) is 6.08 Å². The number of ketones is 2. The van der Waals surface area contributed by atoms with Crippen LogP contribution >= 0.6 is 0 Å². The van der Waals surface area contributed by atoms with E-state index in [4.69, 9.17) is 0 Å². The van der Waals surface area contributed by atoms with E-state index in [0.717, 1.165) is 19.4 Å². The summed E-state index contributed by atoms with van der Waals surface area (Å²) in [6.07, 6.45) is 12.0. The lowest BCUT2D eigenvalue weighted by molar-refractivity contribution is -0.116. The molecule has 1 fully saturated rings.